The molecule has 1 N–H and O–H groups in total. The molecule has 0 unspecified atom stereocenters. The van der Waals surface area contributed by atoms with Gasteiger partial charge in [-0.25, -0.2) is 9.78 Å². The van der Waals surface area contributed by atoms with E-state index in [1.165, 1.54) is 0 Å². The van der Waals surface area contributed by atoms with Gasteiger partial charge in [0.15, 0.2) is 5.69 Å². The van der Waals surface area contributed by atoms with E-state index in [0.29, 0.717) is 12.2 Å². The van der Waals surface area contributed by atoms with Crippen LogP contribution in [0.15, 0.2) is 67.0 Å². The Morgan fingerprint density at radius 3 is 2.24 bits per heavy atom. The number of rotatable bonds is 4. The van der Waals surface area contributed by atoms with Gasteiger partial charge in [-0.15, -0.1) is 0 Å². The molecule has 2 aromatic carbocycles. The second kappa shape index (κ2) is 5.63. The number of imidazole rings is 1. The van der Waals surface area contributed by atoms with Crippen LogP contribution in [-0.2, 0) is 6.54 Å². The minimum Gasteiger partial charge on any atom is -0.476 e. The topological polar surface area (TPSA) is 55.1 Å². The van der Waals surface area contributed by atoms with Crippen molar-refractivity contribution in [2.24, 2.45) is 0 Å². The van der Waals surface area contributed by atoms with Crippen LogP contribution in [0.4, 0.5) is 0 Å². The Labute approximate surface area is 122 Å². The lowest BCUT2D eigenvalue weighted by Crippen LogP contribution is -2.04. The molecule has 4 nitrogen and oxygen atoms in total. The Balaban J connectivity index is 2.07. The first-order chi connectivity index (χ1) is 10.3. The van der Waals surface area contributed by atoms with Gasteiger partial charge < -0.3 is 9.67 Å². The van der Waals surface area contributed by atoms with Gasteiger partial charge in [0.1, 0.15) is 0 Å². The number of carboxylic acid groups (broad SMARTS) is 1. The maximum Gasteiger partial charge on any atom is 0.356 e. The molecule has 0 saturated carbocycles. The second-order valence-corrected chi connectivity index (χ2v) is 4.73. The zero-order valence-corrected chi connectivity index (χ0v) is 11.3. The Hall–Kier alpha value is -2.88. The van der Waals surface area contributed by atoms with E-state index in [9.17, 15) is 9.90 Å². The maximum absolute atomic E-state index is 11.4. The minimum atomic E-state index is -1.01. The zero-order valence-electron chi connectivity index (χ0n) is 11.3. The van der Waals surface area contributed by atoms with E-state index in [1.807, 2.05) is 65.2 Å². The standard InChI is InChI=1S/C17H14N2O2/c20-17(21)15-16(14-9-5-2-6-10-14)19(12-18-15)11-13-7-3-1-4-8-13/h1-10,12H,11H2,(H,20,21). The summed E-state index contributed by atoms with van der Waals surface area (Å²) < 4.78 is 1.87. The second-order valence-electron chi connectivity index (χ2n) is 4.73. The first-order valence-electron chi connectivity index (χ1n) is 6.63. The number of aromatic carboxylic acids is 1. The first kappa shape index (κ1) is 13.1. The number of nitrogens with zero attached hydrogens (tertiary/aromatic N) is 2. The molecule has 3 rings (SSSR count). The van der Waals surface area contributed by atoms with Crippen LogP contribution in [-0.4, -0.2) is 20.6 Å². The van der Waals surface area contributed by atoms with Crippen molar-refractivity contribution in [2.75, 3.05) is 0 Å². The van der Waals surface area contributed by atoms with E-state index in [-0.39, 0.29) is 5.69 Å². The first-order valence-corrected chi connectivity index (χ1v) is 6.63. The van der Waals surface area contributed by atoms with Crippen LogP contribution in [0, 0.1) is 0 Å². The highest BCUT2D eigenvalue weighted by Gasteiger charge is 2.18. The van der Waals surface area contributed by atoms with Crippen LogP contribution in [0.3, 0.4) is 0 Å². The number of aromatic nitrogens is 2. The Morgan fingerprint density at radius 2 is 1.62 bits per heavy atom. The van der Waals surface area contributed by atoms with E-state index in [0.717, 1.165) is 11.1 Å². The summed E-state index contributed by atoms with van der Waals surface area (Å²) in [5.41, 5.74) is 2.66. The molecule has 1 heterocycles. The van der Waals surface area contributed by atoms with E-state index in [2.05, 4.69) is 4.98 Å². The van der Waals surface area contributed by atoms with Crippen molar-refractivity contribution in [3.63, 3.8) is 0 Å². The van der Waals surface area contributed by atoms with Gasteiger partial charge in [-0.3, -0.25) is 0 Å². The SMILES string of the molecule is O=C(O)c1ncn(Cc2ccccc2)c1-c1ccccc1. The van der Waals surface area contributed by atoms with Crippen molar-refractivity contribution >= 4 is 5.97 Å². The molecular formula is C17H14N2O2. The predicted octanol–water partition coefficient (Wildman–Crippen LogP) is 3.30. The Kier molecular flexibility index (Phi) is 3.51. The minimum absolute atomic E-state index is 0.0807. The van der Waals surface area contributed by atoms with Crippen LogP contribution in [0.5, 0.6) is 0 Å². The largest absolute Gasteiger partial charge is 0.476 e. The molecule has 0 aliphatic heterocycles. The summed E-state index contributed by atoms with van der Waals surface area (Å²) in [5, 5.41) is 9.33. The molecule has 1 aromatic heterocycles. The van der Waals surface area contributed by atoms with Crippen molar-refractivity contribution in [3.05, 3.63) is 78.2 Å². The van der Waals surface area contributed by atoms with Gasteiger partial charge in [-0.05, 0) is 5.56 Å². The quantitative estimate of drug-likeness (QED) is 0.796. The Bertz CT molecular complexity index is 749. The molecule has 3 aromatic rings. The fourth-order valence-corrected chi connectivity index (χ4v) is 2.34. The maximum atomic E-state index is 11.4. The smallest absolute Gasteiger partial charge is 0.356 e. The number of hydrogen-bond acceptors (Lipinski definition) is 2. The molecule has 0 radical (unpaired) electrons. The van der Waals surface area contributed by atoms with Crippen molar-refractivity contribution in [2.45, 2.75) is 6.54 Å². The fraction of sp³-hybridized carbons (Fsp3) is 0.0588. The third-order valence-corrected chi connectivity index (χ3v) is 3.28. The molecule has 4 heteroatoms. The third-order valence-electron chi connectivity index (χ3n) is 3.28. The summed E-state index contributed by atoms with van der Waals surface area (Å²) in [7, 11) is 0. The average Bonchev–Trinajstić information content (AvgIpc) is 2.93. The van der Waals surface area contributed by atoms with Gasteiger partial charge in [0.25, 0.3) is 0 Å². The van der Waals surface area contributed by atoms with Crippen molar-refractivity contribution < 1.29 is 9.90 Å². The number of carbonyl (C=O) groups is 1. The van der Waals surface area contributed by atoms with Gasteiger partial charge in [-0.2, -0.15) is 0 Å². The molecule has 0 aliphatic carbocycles. The number of carboxylic acids is 1. The van der Waals surface area contributed by atoms with Gasteiger partial charge in [0.2, 0.25) is 0 Å². The highest BCUT2D eigenvalue weighted by Crippen LogP contribution is 2.24. The number of benzene rings is 2. The summed E-state index contributed by atoms with van der Waals surface area (Å²) in [5.74, 6) is -1.01. The lowest BCUT2D eigenvalue weighted by atomic mass is 10.1. The van der Waals surface area contributed by atoms with Gasteiger partial charge in [0, 0.05) is 12.1 Å². The summed E-state index contributed by atoms with van der Waals surface area (Å²) in [6, 6.07) is 19.4. The van der Waals surface area contributed by atoms with E-state index in [1.54, 1.807) is 6.33 Å². The van der Waals surface area contributed by atoms with Gasteiger partial charge in [0.05, 0.1) is 12.0 Å². The van der Waals surface area contributed by atoms with Crippen molar-refractivity contribution in [3.8, 4) is 11.3 Å². The summed E-state index contributed by atoms with van der Waals surface area (Å²) >= 11 is 0. The molecule has 0 bridgehead atoms. The predicted molar refractivity (Wildman–Crippen MR) is 80.2 cm³/mol. The highest BCUT2D eigenvalue weighted by atomic mass is 16.4. The molecule has 104 valence electrons. The number of hydrogen-bond donors (Lipinski definition) is 1. The molecule has 0 saturated heterocycles. The monoisotopic (exact) mass is 278 g/mol. The zero-order chi connectivity index (χ0) is 14.7. The van der Waals surface area contributed by atoms with Gasteiger partial charge >= 0.3 is 5.97 Å². The molecule has 0 atom stereocenters. The van der Waals surface area contributed by atoms with E-state index in [4.69, 9.17) is 0 Å². The molecule has 0 fully saturated rings. The third kappa shape index (κ3) is 2.69. The molecule has 0 amide bonds. The molecule has 0 spiro atoms. The van der Waals surface area contributed by atoms with Crippen LogP contribution in [0.25, 0.3) is 11.3 Å². The summed E-state index contributed by atoms with van der Waals surface area (Å²) in [6.07, 6.45) is 1.58. The highest BCUT2D eigenvalue weighted by molar-refractivity contribution is 5.93. The van der Waals surface area contributed by atoms with Crippen LogP contribution in [0.1, 0.15) is 16.1 Å². The molecule has 21 heavy (non-hydrogen) atoms. The van der Waals surface area contributed by atoms with Crippen LogP contribution >= 0.6 is 0 Å². The summed E-state index contributed by atoms with van der Waals surface area (Å²) in [4.78, 5) is 15.4. The van der Waals surface area contributed by atoms with Crippen LogP contribution < -0.4 is 0 Å². The van der Waals surface area contributed by atoms with Crippen molar-refractivity contribution in [1.82, 2.24) is 9.55 Å². The normalized spacial score (nSPS) is 10.5. The molecular weight excluding hydrogens is 264 g/mol. The lowest BCUT2D eigenvalue weighted by Gasteiger charge is -2.09. The summed E-state index contributed by atoms with van der Waals surface area (Å²) in [6.45, 7) is 0.589. The van der Waals surface area contributed by atoms with E-state index >= 15 is 0 Å². The van der Waals surface area contributed by atoms with Crippen molar-refractivity contribution in [1.29, 1.82) is 0 Å². The molecule has 0 aliphatic rings. The average molecular weight is 278 g/mol. The van der Waals surface area contributed by atoms with Crippen LogP contribution in [0.2, 0.25) is 0 Å². The lowest BCUT2D eigenvalue weighted by molar-refractivity contribution is 0.0692. The fourth-order valence-electron chi connectivity index (χ4n) is 2.34. The Morgan fingerprint density at radius 1 is 1.00 bits per heavy atom. The van der Waals surface area contributed by atoms with Gasteiger partial charge in [-0.1, -0.05) is 60.7 Å². The van der Waals surface area contributed by atoms with E-state index < -0.39 is 5.97 Å².